The second-order valence-corrected chi connectivity index (χ2v) is 18.6. The largest absolute Gasteiger partial charge is 0.418 e. The van der Waals surface area contributed by atoms with Gasteiger partial charge < -0.3 is 4.43 Å². The summed E-state index contributed by atoms with van der Waals surface area (Å²) >= 11 is 13.1. The van der Waals surface area contributed by atoms with Crippen LogP contribution in [0.2, 0.25) is 32.7 Å². The SMILES string of the molecule is CC(C1=C(Cl)CC=C1)C1=C(Cl)CC=C1[Si](C)(C)C(C)O[Si](C)(C)C.[Zr]. The topological polar surface area (TPSA) is 9.23 Å². The molecule has 0 N–H and O–H groups in total. The van der Waals surface area contributed by atoms with Crippen molar-refractivity contribution >= 4 is 39.6 Å². The number of hydrogen-bond donors (Lipinski definition) is 0. The van der Waals surface area contributed by atoms with Crippen molar-refractivity contribution in [3.8, 4) is 0 Å². The molecule has 0 radical (unpaired) electrons. The van der Waals surface area contributed by atoms with Gasteiger partial charge >= 0.3 is 0 Å². The van der Waals surface area contributed by atoms with E-state index in [1.165, 1.54) is 16.3 Å². The van der Waals surface area contributed by atoms with E-state index >= 15 is 0 Å². The molecule has 0 saturated heterocycles. The summed E-state index contributed by atoms with van der Waals surface area (Å²) in [6.07, 6.45) is 8.34. The van der Waals surface area contributed by atoms with Crippen molar-refractivity contribution < 1.29 is 30.6 Å². The minimum Gasteiger partial charge on any atom is -0.418 e. The van der Waals surface area contributed by atoms with Gasteiger partial charge in [-0.05, 0) is 37.7 Å². The van der Waals surface area contributed by atoms with Gasteiger partial charge in [-0.15, -0.1) is 0 Å². The third kappa shape index (κ3) is 5.42. The fourth-order valence-corrected chi connectivity index (χ4v) is 9.73. The smallest absolute Gasteiger partial charge is 0.183 e. The summed E-state index contributed by atoms with van der Waals surface area (Å²) in [4.78, 5) is 0. The second-order valence-electron chi connectivity index (χ2n) is 8.42. The minimum absolute atomic E-state index is 0. The van der Waals surface area contributed by atoms with Crippen molar-refractivity contribution in [2.75, 3.05) is 0 Å². The molecule has 0 fully saturated rings. The molecule has 138 valence electrons. The summed E-state index contributed by atoms with van der Waals surface area (Å²) in [5.41, 5.74) is 2.81. The quantitative estimate of drug-likeness (QED) is 0.366. The molecule has 6 heteroatoms. The average Bonchev–Trinajstić information content (AvgIpc) is 3.02. The van der Waals surface area contributed by atoms with Crippen molar-refractivity contribution in [3.63, 3.8) is 0 Å². The molecule has 2 aliphatic rings. The Bertz CT molecular complexity index is 642. The van der Waals surface area contributed by atoms with E-state index in [0.29, 0.717) is 0 Å². The van der Waals surface area contributed by atoms with Gasteiger partial charge in [0.2, 0.25) is 0 Å². The third-order valence-corrected chi connectivity index (χ3v) is 11.2. The minimum atomic E-state index is -1.78. The summed E-state index contributed by atoms with van der Waals surface area (Å²) in [7, 11) is -3.35. The molecule has 0 aliphatic heterocycles. The summed E-state index contributed by atoms with van der Waals surface area (Å²) < 4.78 is 6.47. The molecule has 2 atom stereocenters. The predicted molar refractivity (Wildman–Crippen MR) is 113 cm³/mol. The van der Waals surface area contributed by atoms with Gasteiger partial charge in [0, 0.05) is 60.8 Å². The van der Waals surface area contributed by atoms with E-state index in [2.05, 4.69) is 64.8 Å². The maximum absolute atomic E-state index is 6.67. The van der Waals surface area contributed by atoms with Gasteiger partial charge in [-0.1, -0.05) is 66.6 Å². The summed E-state index contributed by atoms with van der Waals surface area (Å²) in [6.45, 7) is 16.1. The molecule has 0 spiro atoms. The Kier molecular flexibility index (Phi) is 8.47. The molecule has 2 aliphatic carbocycles. The first kappa shape index (κ1) is 23.9. The van der Waals surface area contributed by atoms with Crippen LogP contribution in [0.1, 0.15) is 26.7 Å². The fourth-order valence-electron chi connectivity index (χ4n) is 3.57. The van der Waals surface area contributed by atoms with E-state index in [-0.39, 0.29) is 37.8 Å². The van der Waals surface area contributed by atoms with E-state index in [9.17, 15) is 0 Å². The van der Waals surface area contributed by atoms with Crippen molar-refractivity contribution in [1.82, 2.24) is 0 Å². The normalized spacial score (nSPS) is 20.8. The Labute approximate surface area is 184 Å². The van der Waals surface area contributed by atoms with E-state index in [1.807, 2.05) is 0 Å². The maximum Gasteiger partial charge on any atom is 0.183 e. The zero-order chi connectivity index (χ0) is 18.3. The van der Waals surface area contributed by atoms with Crippen LogP contribution in [-0.4, -0.2) is 22.1 Å². The van der Waals surface area contributed by atoms with Crippen LogP contribution in [0.3, 0.4) is 0 Å². The molecule has 0 heterocycles. The first-order valence-corrected chi connectivity index (χ1v) is 16.0. The number of rotatable bonds is 6. The molecular weight excluding hydrogens is 463 g/mol. The van der Waals surface area contributed by atoms with Crippen LogP contribution in [0.5, 0.6) is 0 Å². The first-order chi connectivity index (χ1) is 10.9. The molecule has 25 heavy (non-hydrogen) atoms. The second kappa shape index (κ2) is 8.88. The Morgan fingerprint density at radius 2 is 1.60 bits per heavy atom. The Morgan fingerprint density at radius 3 is 2.08 bits per heavy atom. The zero-order valence-corrected chi connectivity index (χ0v) is 22.4. The van der Waals surface area contributed by atoms with Gasteiger partial charge in [-0.2, -0.15) is 0 Å². The van der Waals surface area contributed by atoms with Crippen molar-refractivity contribution in [2.45, 2.75) is 65.2 Å². The molecule has 2 rings (SSSR count). The molecule has 0 aromatic carbocycles. The van der Waals surface area contributed by atoms with Gasteiger partial charge in [0.05, 0.1) is 0 Å². The molecule has 0 aromatic rings. The van der Waals surface area contributed by atoms with Gasteiger partial charge in [0.15, 0.2) is 8.32 Å². The molecule has 2 unspecified atom stereocenters. The molecular formula is C19H30Cl2OSi2Zr. The Morgan fingerprint density at radius 1 is 1.00 bits per heavy atom. The van der Waals surface area contributed by atoms with Crippen molar-refractivity contribution in [3.05, 3.63) is 44.6 Å². The van der Waals surface area contributed by atoms with Crippen molar-refractivity contribution in [1.29, 1.82) is 0 Å². The summed E-state index contributed by atoms with van der Waals surface area (Å²) in [6, 6.07) is 0. The van der Waals surface area contributed by atoms with E-state index in [4.69, 9.17) is 27.6 Å². The molecule has 0 saturated carbocycles. The van der Waals surface area contributed by atoms with Crippen LogP contribution < -0.4 is 0 Å². The van der Waals surface area contributed by atoms with Crippen LogP contribution in [0, 0.1) is 5.92 Å². The van der Waals surface area contributed by atoms with Crippen molar-refractivity contribution in [2.24, 2.45) is 5.92 Å². The van der Waals surface area contributed by atoms with Crippen LogP contribution >= 0.6 is 23.2 Å². The van der Waals surface area contributed by atoms with Gasteiger partial charge in [-0.3, -0.25) is 0 Å². The Balaban J connectivity index is 0.00000312. The van der Waals surface area contributed by atoms with E-state index in [1.54, 1.807) is 0 Å². The first-order valence-electron chi connectivity index (χ1n) is 8.77. The Hall–Kier alpha value is 0.817. The van der Waals surface area contributed by atoms with Gasteiger partial charge in [-0.25, -0.2) is 0 Å². The standard InChI is InChI=1S/C19H30Cl2OSi2.Zr/c1-13(15-9-8-10-16(15)20)19-17(21)11-12-18(19)24(6,7)14(2)22-23(3,4)5;/h8-9,12-14H,10-11H2,1-7H3;. The van der Waals surface area contributed by atoms with E-state index < -0.39 is 16.4 Å². The zero-order valence-electron chi connectivity index (χ0n) is 16.5. The van der Waals surface area contributed by atoms with Crippen LogP contribution in [-0.2, 0) is 30.6 Å². The average molecular weight is 493 g/mol. The fraction of sp³-hybridized carbons (Fsp3) is 0.579. The molecule has 1 nitrogen and oxygen atoms in total. The summed E-state index contributed by atoms with van der Waals surface area (Å²) in [5.74, 6) is 0.253. The summed E-state index contributed by atoms with van der Waals surface area (Å²) in [5, 5.41) is 3.40. The predicted octanol–water partition coefficient (Wildman–Crippen LogP) is 6.92. The van der Waals surface area contributed by atoms with Crippen LogP contribution in [0.25, 0.3) is 0 Å². The van der Waals surface area contributed by atoms with Crippen LogP contribution in [0.15, 0.2) is 44.6 Å². The number of allylic oxidation sites excluding steroid dienone is 8. The van der Waals surface area contributed by atoms with Crippen LogP contribution in [0.4, 0.5) is 0 Å². The third-order valence-electron chi connectivity index (χ3n) is 5.12. The number of hydrogen-bond acceptors (Lipinski definition) is 1. The molecule has 0 aromatic heterocycles. The van der Waals surface area contributed by atoms with Gasteiger partial charge in [0.1, 0.15) is 8.07 Å². The van der Waals surface area contributed by atoms with Gasteiger partial charge in [0.25, 0.3) is 0 Å². The molecule has 0 bridgehead atoms. The van der Waals surface area contributed by atoms with E-state index in [0.717, 1.165) is 22.9 Å². The monoisotopic (exact) mass is 490 g/mol. The maximum atomic E-state index is 6.67. The molecule has 0 amide bonds. The number of halogens is 2.